The highest BCUT2D eigenvalue weighted by atomic mass is 32.1. The number of aromatic nitrogens is 2. The van der Waals surface area contributed by atoms with Crippen molar-refractivity contribution in [1.29, 1.82) is 0 Å². The molecule has 0 saturated carbocycles. The Balaban J connectivity index is 1.30. The normalized spacial score (nSPS) is 24.2. The molecule has 6 nitrogen and oxygen atoms in total. The number of hydrogen-bond donors (Lipinski definition) is 1. The molecular weight excluding hydrogens is 365 g/mol. The number of carbonyl (C=O) groups excluding carboxylic acids is 1. The van der Waals surface area contributed by atoms with Crippen LogP contribution in [0, 0.1) is 5.95 Å². The highest BCUT2D eigenvalue weighted by Gasteiger charge is 2.39. The Bertz CT molecular complexity index is 856. The smallest absolute Gasteiger partial charge is 0.227 e. The monoisotopic (exact) mass is 387 g/mol. The molecule has 5 heterocycles. The first kappa shape index (κ1) is 17.1. The summed E-state index contributed by atoms with van der Waals surface area (Å²) >= 11 is 1.74. The van der Waals surface area contributed by atoms with Gasteiger partial charge >= 0.3 is 0 Å². The van der Waals surface area contributed by atoms with Crippen molar-refractivity contribution >= 4 is 22.4 Å². The molecule has 142 valence electrons. The zero-order chi connectivity index (χ0) is 18.4. The quantitative estimate of drug-likeness (QED) is 0.813. The van der Waals surface area contributed by atoms with Crippen molar-refractivity contribution in [2.24, 2.45) is 0 Å². The summed E-state index contributed by atoms with van der Waals surface area (Å²) in [4.78, 5) is 26.7. The summed E-state index contributed by atoms with van der Waals surface area (Å²) in [5.41, 5.74) is 1.81. The van der Waals surface area contributed by atoms with Gasteiger partial charge in [-0.1, -0.05) is 11.3 Å². The highest BCUT2D eigenvalue weighted by Crippen LogP contribution is 2.38. The first-order valence-corrected chi connectivity index (χ1v) is 10.3. The molecule has 2 fully saturated rings. The van der Waals surface area contributed by atoms with Crippen LogP contribution in [0.4, 0.5) is 9.52 Å². The number of hydrogen-bond acceptors (Lipinski definition) is 6. The van der Waals surface area contributed by atoms with E-state index < -0.39 is 5.95 Å². The van der Waals surface area contributed by atoms with Crippen LogP contribution in [0.25, 0.3) is 0 Å². The lowest BCUT2D eigenvalue weighted by molar-refractivity contribution is -0.131. The summed E-state index contributed by atoms with van der Waals surface area (Å²) in [5.74, 6) is -0.512. The highest BCUT2D eigenvalue weighted by molar-refractivity contribution is 7.15. The Morgan fingerprint density at radius 3 is 2.93 bits per heavy atom. The average Bonchev–Trinajstić information content (AvgIpc) is 3.18. The van der Waals surface area contributed by atoms with Crippen LogP contribution < -0.4 is 10.2 Å². The van der Waals surface area contributed by atoms with Gasteiger partial charge in [0.2, 0.25) is 11.9 Å². The van der Waals surface area contributed by atoms with Gasteiger partial charge in [0.1, 0.15) is 0 Å². The molecule has 0 aliphatic carbocycles. The fourth-order valence-corrected chi connectivity index (χ4v) is 5.70. The van der Waals surface area contributed by atoms with Crippen LogP contribution in [0.2, 0.25) is 0 Å². The number of fused-ring (bicyclic) bond motifs is 3. The van der Waals surface area contributed by atoms with E-state index in [0.717, 1.165) is 30.3 Å². The third kappa shape index (κ3) is 3.21. The summed E-state index contributed by atoms with van der Waals surface area (Å²) in [6.07, 6.45) is 4.87. The minimum absolute atomic E-state index is 0.0310. The SMILES string of the molecule is O=C(Cc1ccnc(F)c1)N1CCc2nc(N3C4CC[C@@H]3CNC4)sc2C1. The van der Waals surface area contributed by atoms with Crippen molar-refractivity contribution in [1.82, 2.24) is 20.2 Å². The van der Waals surface area contributed by atoms with Crippen molar-refractivity contribution in [3.63, 3.8) is 0 Å². The van der Waals surface area contributed by atoms with E-state index in [4.69, 9.17) is 4.98 Å². The molecule has 8 heteroatoms. The maximum absolute atomic E-state index is 13.3. The number of anilines is 1. The van der Waals surface area contributed by atoms with Gasteiger partial charge in [-0.15, -0.1) is 0 Å². The molecule has 3 aliphatic rings. The molecule has 2 aromatic rings. The van der Waals surface area contributed by atoms with Gasteiger partial charge in [0.05, 0.1) is 18.7 Å². The molecule has 2 atom stereocenters. The van der Waals surface area contributed by atoms with Crippen LogP contribution in [0.15, 0.2) is 18.3 Å². The molecule has 0 aromatic carbocycles. The Labute approximate surface area is 161 Å². The number of thiazole rings is 1. The minimum Gasteiger partial charge on any atom is -0.340 e. The van der Waals surface area contributed by atoms with Gasteiger partial charge in [0, 0.05) is 49.2 Å². The molecular formula is C19H22FN5OS. The lowest BCUT2D eigenvalue weighted by Crippen LogP contribution is -2.51. The van der Waals surface area contributed by atoms with E-state index in [0.29, 0.717) is 30.7 Å². The number of amides is 1. The predicted molar refractivity (Wildman–Crippen MR) is 101 cm³/mol. The second kappa shape index (κ2) is 6.83. The fraction of sp³-hybridized carbons (Fsp3) is 0.526. The summed E-state index contributed by atoms with van der Waals surface area (Å²) in [7, 11) is 0. The molecule has 0 radical (unpaired) electrons. The van der Waals surface area contributed by atoms with Crippen molar-refractivity contribution in [3.05, 3.63) is 40.4 Å². The Morgan fingerprint density at radius 1 is 1.33 bits per heavy atom. The summed E-state index contributed by atoms with van der Waals surface area (Å²) in [5, 5.41) is 4.63. The Hall–Kier alpha value is -2.06. The number of nitrogens with zero attached hydrogens (tertiary/aromatic N) is 4. The molecule has 1 amide bonds. The lowest BCUT2D eigenvalue weighted by atomic mass is 10.1. The Morgan fingerprint density at radius 2 is 2.15 bits per heavy atom. The summed E-state index contributed by atoms with van der Waals surface area (Å²) in [6, 6.07) is 4.13. The third-order valence-corrected chi connectivity index (χ3v) is 6.92. The van der Waals surface area contributed by atoms with Crippen molar-refractivity contribution in [2.45, 2.75) is 44.3 Å². The second-order valence-corrected chi connectivity index (χ2v) is 8.61. The number of piperazine rings is 1. The van der Waals surface area contributed by atoms with Crippen molar-refractivity contribution in [2.75, 3.05) is 24.5 Å². The standard InChI is InChI=1S/C19H22FN5OS/c20-17-7-12(3-5-22-17)8-18(26)24-6-4-15-16(11-24)27-19(23-15)25-13-1-2-14(25)10-21-9-13/h3,5,7,13-14,21H,1-2,4,6,8-11H2/t13-,14?/m1/s1. The number of rotatable bonds is 3. The summed E-state index contributed by atoms with van der Waals surface area (Å²) < 4.78 is 13.3. The van der Waals surface area contributed by atoms with E-state index in [1.54, 1.807) is 17.4 Å². The van der Waals surface area contributed by atoms with Gasteiger partial charge in [0.15, 0.2) is 5.13 Å². The van der Waals surface area contributed by atoms with Gasteiger partial charge in [-0.25, -0.2) is 9.97 Å². The Kier molecular flexibility index (Phi) is 4.32. The van der Waals surface area contributed by atoms with Crippen LogP contribution in [0.1, 0.15) is 29.0 Å². The van der Waals surface area contributed by atoms with E-state index in [-0.39, 0.29) is 12.3 Å². The molecule has 1 N–H and O–H groups in total. The molecule has 27 heavy (non-hydrogen) atoms. The molecule has 1 unspecified atom stereocenters. The molecule has 0 spiro atoms. The molecule has 2 aromatic heterocycles. The maximum Gasteiger partial charge on any atom is 0.227 e. The second-order valence-electron chi connectivity index (χ2n) is 7.55. The van der Waals surface area contributed by atoms with Crippen molar-refractivity contribution < 1.29 is 9.18 Å². The van der Waals surface area contributed by atoms with E-state index in [1.165, 1.54) is 30.0 Å². The van der Waals surface area contributed by atoms with E-state index in [2.05, 4.69) is 15.2 Å². The van der Waals surface area contributed by atoms with Crippen LogP contribution in [-0.2, 0) is 24.2 Å². The van der Waals surface area contributed by atoms with Gasteiger partial charge in [-0.3, -0.25) is 4.79 Å². The number of carbonyl (C=O) groups is 1. The third-order valence-electron chi connectivity index (χ3n) is 5.82. The molecule has 2 saturated heterocycles. The first-order chi connectivity index (χ1) is 13.2. The predicted octanol–water partition coefficient (Wildman–Crippen LogP) is 1.75. The zero-order valence-electron chi connectivity index (χ0n) is 15.0. The van der Waals surface area contributed by atoms with Crippen LogP contribution in [0.3, 0.4) is 0 Å². The van der Waals surface area contributed by atoms with E-state index >= 15 is 0 Å². The van der Waals surface area contributed by atoms with E-state index in [1.807, 2.05) is 4.90 Å². The van der Waals surface area contributed by atoms with Crippen molar-refractivity contribution in [3.8, 4) is 0 Å². The number of halogens is 1. The van der Waals surface area contributed by atoms with Crippen LogP contribution in [-0.4, -0.2) is 52.5 Å². The van der Waals surface area contributed by atoms with Crippen LogP contribution >= 0.6 is 11.3 Å². The van der Waals surface area contributed by atoms with Gasteiger partial charge in [-0.2, -0.15) is 4.39 Å². The lowest BCUT2D eigenvalue weighted by Gasteiger charge is -2.35. The number of nitrogens with one attached hydrogen (secondary N) is 1. The minimum atomic E-state index is -0.543. The maximum atomic E-state index is 13.3. The van der Waals surface area contributed by atoms with E-state index in [9.17, 15) is 9.18 Å². The molecule has 2 bridgehead atoms. The zero-order valence-corrected chi connectivity index (χ0v) is 15.8. The molecule has 5 rings (SSSR count). The van der Waals surface area contributed by atoms with Gasteiger partial charge in [-0.05, 0) is 30.5 Å². The first-order valence-electron chi connectivity index (χ1n) is 9.53. The van der Waals surface area contributed by atoms with Gasteiger partial charge < -0.3 is 15.1 Å². The largest absolute Gasteiger partial charge is 0.340 e. The van der Waals surface area contributed by atoms with Gasteiger partial charge in [0.25, 0.3) is 0 Å². The number of pyridine rings is 1. The summed E-state index contributed by atoms with van der Waals surface area (Å²) in [6.45, 7) is 3.36. The van der Waals surface area contributed by atoms with Crippen LogP contribution in [0.5, 0.6) is 0 Å². The fourth-order valence-electron chi connectivity index (χ4n) is 4.43. The topological polar surface area (TPSA) is 61.4 Å². The molecule has 3 aliphatic heterocycles. The average molecular weight is 387 g/mol.